The maximum Gasteiger partial charge on any atom is 0.397 e. The third-order valence-electron chi connectivity index (χ3n) is 6.71. The second kappa shape index (κ2) is 6.36. The van der Waals surface area contributed by atoms with Gasteiger partial charge in [-0.15, -0.1) is 0 Å². The van der Waals surface area contributed by atoms with Gasteiger partial charge in [0.1, 0.15) is 0 Å². The molecule has 1 fully saturated rings. The fraction of sp³-hybridized carbons (Fsp3) is 0.700. The zero-order valence-corrected chi connectivity index (χ0v) is 16.5. The van der Waals surface area contributed by atoms with Crippen molar-refractivity contribution in [3.8, 4) is 0 Å². The van der Waals surface area contributed by atoms with Crippen molar-refractivity contribution in [1.29, 1.82) is 0 Å². The van der Waals surface area contributed by atoms with E-state index in [2.05, 4.69) is 45.9 Å². The Labute approximate surface area is 151 Å². The molecule has 0 heterocycles. The van der Waals surface area contributed by atoms with Gasteiger partial charge in [0.2, 0.25) is 0 Å². The van der Waals surface area contributed by atoms with Crippen LogP contribution in [0, 0.1) is 11.3 Å². The first kappa shape index (κ1) is 18.9. The quantitative estimate of drug-likeness (QED) is 0.789. The molecule has 3 atom stereocenters. The Hall–Kier alpha value is -0.910. The third kappa shape index (κ3) is 3.51. The molecule has 25 heavy (non-hydrogen) atoms. The van der Waals surface area contributed by atoms with Crippen LogP contribution in [0.4, 0.5) is 0 Å². The second-order valence-electron chi connectivity index (χ2n) is 8.78. The zero-order chi connectivity index (χ0) is 18.5. The maximum absolute atomic E-state index is 11.1. The normalized spacial score (nSPS) is 32.3. The molecule has 140 valence electrons. The van der Waals surface area contributed by atoms with Crippen molar-refractivity contribution in [3.63, 3.8) is 0 Å². The van der Waals surface area contributed by atoms with Gasteiger partial charge in [0.05, 0.1) is 6.61 Å². The summed E-state index contributed by atoms with van der Waals surface area (Å²) in [6.07, 6.45) is 5.16. The average molecular weight is 367 g/mol. The highest BCUT2D eigenvalue weighted by atomic mass is 32.3. The molecule has 0 bridgehead atoms. The molecule has 0 saturated heterocycles. The Morgan fingerprint density at radius 3 is 2.64 bits per heavy atom. The molecule has 1 aromatic carbocycles. The highest BCUT2D eigenvalue weighted by Crippen LogP contribution is 2.57. The number of rotatable bonds is 4. The molecule has 1 N–H and O–H groups in total. The van der Waals surface area contributed by atoms with Gasteiger partial charge in [0.25, 0.3) is 0 Å². The monoisotopic (exact) mass is 366 g/mol. The molecule has 3 rings (SSSR count). The molecule has 5 heteroatoms. The Morgan fingerprint density at radius 1 is 1.28 bits per heavy atom. The van der Waals surface area contributed by atoms with Gasteiger partial charge in [-0.05, 0) is 65.0 Å². The van der Waals surface area contributed by atoms with E-state index in [9.17, 15) is 8.42 Å². The Bertz CT molecular complexity index is 755. The van der Waals surface area contributed by atoms with Crippen molar-refractivity contribution in [2.45, 2.75) is 71.1 Å². The van der Waals surface area contributed by atoms with E-state index in [1.54, 1.807) is 0 Å². The van der Waals surface area contributed by atoms with Gasteiger partial charge < -0.3 is 0 Å². The zero-order valence-electron chi connectivity index (χ0n) is 15.7. The molecule has 0 spiro atoms. The topological polar surface area (TPSA) is 63.6 Å². The smallest absolute Gasteiger partial charge is 0.264 e. The van der Waals surface area contributed by atoms with Gasteiger partial charge in [-0.1, -0.05) is 52.3 Å². The number of hydrogen-bond acceptors (Lipinski definition) is 3. The molecular formula is C20H30O4S. The summed E-state index contributed by atoms with van der Waals surface area (Å²) in [5.74, 6) is 0.878. The van der Waals surface area contributed by atoms with E-state index in [1.165, 1.54) is 16.7 Å². The first-order chi connectivity index (χ1) is 11.6. The number of fused-ring (bicyclic) bond motifs is 3. The van der Waals surface area contributed by atoms with Crippen LogP contribution in [0.3, 0.4) is 0 Å². The van der Waals surface area contributed by atoms with Crippen LogP contribution in [0.25, 0.3) is 0 Å². The summed E-state index contributed by atoms with van der Waals surface area (Å²) in [5, 5.41) is 0. The van der Waals surface area contributed by atoms with Crippen LogP contribution in [0.2, 0.25) is 0 Å². The fourth-order valence-corrected chi connectivity index (χ4v) is 5.80. The summed E-state index contributed by atoms with van der Waals surface area (Å²) in [7, 11) is -4.39. The number of hydrogen-bond donors (Lipinski definition) is 1. The van der Waals surface area contributed by atoms with E-state index in [0.717, 1.165) is 32.1 Å². The predicted molar refractivity (Wildman–Crippen MR) is 99.2 cm³/mol. The standard InChI is InChI=1S/C20H30O4S/c1-14(2)15-6-8-17-16(12-15)7-9-18-19(3,13-24-25(21,22)23)10-5-11-20(17,18)4/h6,8,12,14,18H,5,7,9-11,13H2,1-4H3,(H,21,22,23)/t18-,19-,20+/m0/s1. The van der Waals surface area contributed by atoms with Crippen LogP contribution in [-0.2, 0) is 26.4 Å². The minimum atomic E-state index is -4.39. The summed E-state index contributed by atoms with van der Waals surface area (Å²) in [6, 6.07) is 6.91. The lowest BCUT2D eigenvalue weighted by Gasteiger charge is -2.55. The van der Waals surface area contributed by atoms with Crippen molar-refractivity contribution in [3.05, 3.63) is 34.9 Å². The summed E-state index contributed by atoms with van der Waals surface area (Å²) in [6.45, 7) is 8.95. The lowest BCUT2D eigenvalue weighted by Crippen LogP contribution is -2.51. The van der Waals surface area contributed by atoms with Gasteiger partial charge in [-0.2, -0.15) is 8.42 Å². The minimum Gasteiger partial charge on any atom is -0.264 e. The average Bonchev–Trinajstić information content (AvgIpc) is 2.52. The number of aryl methyl sites for hydroxylation is 1. The second-order valence-corrected chi connectivity index (χ2v) is 9.87. The molecule has 0 aromatic heterocycles. The molecule has 1 aromatic rings. The Kier molecular flexibility index (Phi) is 4.80. The van der Waals surface area contributed by atoms with Gasteiger partial charge in [0.15, 0.2) is 0 Å². The van der Waals surface area contributed by atoms with E-state index < -0.39 is 10.4 Å². The van der Waals surface area contributed by atoms with Crippen LogP contribution >= 0.6 is 0 Å². The van der Waals surface area contributed by atoms with Gasteiger partial charge >= 0.3 is 10.4 Å². The summed E-state index contributed by atoms with van der Waals surface area (Å²) in [5.41, 5.74) is 4.06. The molecule has 1 saturated carbocycles. The van der Waals surface area contributed by atoms with E-state index in [1.807, 2.05) is 0 Å². The Balaban J connectivity index is 1.95. The van der Waals surface area contributed by atoms with E-state index in [-0.39, 0.29) is 17.4 Å². The fourth-order valence-electron chi connectivity index (χ4n) is 5.38. The largest absolute Gasteiger partial charge is 0.397 e. The maximum atomic E-state index is 11.1. The van der Waals surface area contributed by atoms with Crippen molar-refractivity contribution < 1.29 is 17.2 Å². The van der Waals surface area contributed by atoms with E-state index >= 15 is 0 Å². The van der Waals surface area contributed by atoms with Crippen LogP contribution in [0.5, 0.6) is 0 Å². The molecular weight excluding hydrogens is 336 g/mol. The lowest BCUT2D eigenvalue weighted by atomic mass is 9.50. The SMILES string of the molecule is CC(C)c1ccc2c(c1)CC[C@H]1[C@](C)(COS(=O)(=O)O)CCC[C@]21C. The molecule has 2 aliphatic rings. The molecule has 0 amide bonds. The van der Waals surface area contributed by atoms with Crippen LogP contribution in [-0.4, -0.2) is 19.6 Å². The molecule has 2 aliphatic carbocycles. The lowest BCUT2D eigenvalue weighted by molar-refractivity contribution is -0.0111. The predicted octanol–water partition coefficient (Wildman–Crippen LogP) is 4.64. The highest BCUT2D eigenvalue weighted by Gasteiger charge is 2.52. The highest BCUT2D eigenvalue weighted by molar-refractivity contribution is 7.80. The Morgan fingerprint density at radius 2 is 2.00 bits per heavy atom. The molecule has 0 radical (unpaired) electrons. The summed E-state index contributed by atoms with van der Waals surface area (Å²) >= 11 is 0. The first-order valence-electron chi connectivity index (χ1n) is 9.30. The van der Waals surface area contributed by atoms with Crippen molar-refractivity contribution in [2.24, 2.45) is 11.3 Å². The van der Waals surface area contributed by atoms with Crippen LogP contribution in [0.1, 0.15) is 76.0 Å². The molecule has 4 nitrogen and oxygen atoms in total. The third-order valence-corrected chi connectivity index (χ3v) is 7.12. The first-order valence-corrected chi connectivity index (χ1v) is 10.7. The molecule has 0 unspecified atom stereocenters. The van der Waals surface area contributed by atoms with Crippen molar-refractivity contribution in [1.82, 2.24) is 0 Å². The van der Waals surface area contributed by atoms with Gasteiger partial charge in [-0.25, -0.2) is 4.18 Å². The van der Waals surface area contributed by atoms with Crippen LogP contribution in [0.15, 0.2) is 18.2 Å². The number of benzene rings is 1. The summed E-state index contributed by atoms with van der Waals surface area (Å²) < 4.78 is 36.0. The van der Waals surface area contributed by atoms with Gasteiger partial charge in [0, 0.05) is 0 Å². The van der Waals surface area contributed by atoms with Crippen LogP contribution < -0.4 is 0 Å². The van der Waals surface area contributed by atoms with Gasteiger partial charge in [-0.3, -0.25) is 4.55 Å². The molecule has 0 aliphatic heterocycles. The van der Waals surface area contributed by atoms with E-state index in [4.69, 9.17) is 8.74 Å². The van der Waals surface area contributed by atoms with E-state index in [0.29, 0.717) is 11.8 Å². The summed E-state index contributed by atoms with van der Waals surface area (Å²) in [4.78, 5) is 0. The van der Waals surface area contributed by atoms with Crippen molar-refractivity contribution in [2.75, 3.05) is 6.61 Å². The van der Waals surface area contributed by atoms with Crippen molar-refractivity contribution >= 4 is 10.4 Å². The minimum absolute atomic E-state index is 0.0403.